The van der Waals surface area contributed by atoms with Gasteiger partial charge in [0.1, 0.15) is 18.1 Å². The van der Waals surface area contributed by atoms with Crippen LogP contribution in [0.4, 0.5) is 0 Å². The van der Waals surface area contributed by atoms with E-state index in [1.54, 1.807) is 13.3 Å². The second-order valence-corrected chi connectivity index (χ2v) is 6.64. The Balaban J connectivity index is 1.57. The van der Waals surface area contributed by atoms with E-state index in [4.69, 9.17) is 21.1 Å². The lowest BCUT2D eigenvalue weighted by Crippen LogP contribution is -2.19. The van der Waals surface area contributed by atoms with Gasteiger partial charge in [-0.2, -0.15) is 5.10 Å². The van der Waals surface area contributed by atoms with E-state index in [1.807, 2.05) is 72.8 Å². The highest BCUT2D eigenvalue weighted by Gasteiger charge is 2.05. The molecule has 0 aliphatic heterocycles. The third-order valence-corrected chi connectivity index (χ3v) is 4.55. The first kappa shape index (κ1) is 20.4. The predicted octanol–water partition coefficient (Wildman–Crippen LogP) is 4.62. The first-order valence-electron chi connectivity index (χ1n) is 9.06. The average molecular weight is 409 g/mol. The van der Waals surface area contributed by atoms with Gasteiger partial charge in [0.25, 0.3) is 0 Å². The first-order valence-corrected chi connectivity index (χ1v) is 9.43. The normalized spacial score (nSPS) is 10.7. The molecule has 0 spiro atoms. The van der Waals surface area contributed by atoms with Gasteiger partial charge in [-0.05, 0) is 35.9 Å². The monoisotopic (exact) mass is 408 g/mol. The topological polar surface area (TPSA) is 59.9 Å². The van der Waals surface area contributed by atoms with Crippen LogP contribution in [0.1, 0.15) is 16.7 Å². The molecular formula is C23H21ClN2O3. The van der Waals surface area contributed by atoms with Gasteiger partial charge in [-0.1, -0.05) is 54.1 Å². The molecule has 0 radical (unpaired) electrons. The Morgan fingerprint density at radius 3 is 2.52 bits per heavy atom. The second-order valence-electron chi connectivity index (χ2n) is 6.24. The summed E-state index contributed by atoms with van der Waals surface area (Å²) in [4.78, 5) is 12.1. The third kappa shape index (κ3) is 6.09. The molecule has 0 heterocycles. The number of hydrogen-bond donors (Lipinski definition) is 1. The molecule has 0 bridgehead atoms. The number of amides is 1. The summed E-state index contributed by atoms with van der Waals surface area (Å²) in [6.07, 6.45) is 1.79. The van der Waals surface area contributed by atoms with E-state index in [0.717, 1.165) is 22.4 Å². The van der Waals surface area contributed by atoms with E-state index in [-0.39, 0.29) is 12.3 Å². The predicted molar refractivity (Wildman–Crippen MR) is 115 cm³/mol. The molecule has 0 aliphatic rings. The van der Waals surface area contributed by atoms with E-state index < -0.39 is 0 Å². The number of nitrogens with one attached hydrogen (secondary N) is 1. The smallest absolute Gasteiger partial charge is 0.244 e. The van der Waals surface area contributed by atoms with Gasteiger partial charge in [0.05, 0.1) is 19.7 Å². The molecule has 29 heavy (non-hydrogen) atoms. The number of rotatable bonds is 8. The number of hydrogen-bond acceptors (Lipinski definition) is 4. The summed E-state index contributed by atoms with van der Waals surface area (Å²) in [6.45, 7) is 0.342. The maximum atomic E-state index is 12.1. The molecule has 6 heteroatoms. The van der Waals surface area contributed by atoms with Gasteiger partial charge >= 0.3 is 0 Å². The quantitative estimate of drug-likeness (QED) is 0.437. The van der Waals surface area contributed by atoms with Crippen LogP contribution in [0, 0.1) is 0 Å². The zero-order chi connectivity index (χ0) is 20.5. The fraction of sp³-hybridized carbons (Fsp3) is 0.130. The number of ether oxygens (including phenoxy) is 2. The Labute approximate surface area is 174 Å². The van der Waals surface area contributed by atoms with Crippen LogP contribution >= 0.6 is 11.6 Å². The van der Waals surface area contributed by atoms with Gasteiger partial charge in [0, 0.05) is 16.1 Å². The molecule has 3 rings (SSSR count). The highest BCUT2D eigenvalue weighted by molar-refractivity contribution is 6.31. The molecule has 1 amide bonds. The summed E-state index contributed by atoms with van der Waals surface area (Å²) >= 11 is 6.17. The number of carbonyl (C=O) groups is 1. The molecule has 0 atom stereocenters. The fourth-order valence-electron chi connectivity index (χ4n) is 2.63. The zero-order valence-corrected chi connectivity index (χ0v) is 16.7. The Morgan fingerprint density at radius 1 is 1.03 bits per heavy atom. The van der Waals surface area contributed by atoms with Crippen molar-refractivity contribution in [2.75, 3.05) is 7.11 Å². The maximum absolute atomic E-state index is 12.1. The molecule has 0 saturated heterocycles. The zero-order valence-electron chi connectivity index (χ0n) is 16.0. The fourth-order valence-corrected chi connectivity index (χ4v) is 2.82. The van der Waals surface area contributed by atoms with Gasteiger partial charge < -0.3 is 9.47 Å². The summed E-state index contributed by atoms with van der Waals surface area (Å²) in [5, 5.41) is 4.71. The van der Waals surface area contributed by atoms with Crippen molar-refractivity contribution >= 4 is 23.7 Å². The summed E-state index contributed by atoms with van der Waals surface area (Å²) in [7, 11) is 1.60. The van der Waals surface area contributed by atoms with E-state index in [9.17, 15) is 4.79 Å². The van der Waals surface area contributed by atoms with Crippen LogP contribution in [0.25, 0.3) is 0 Å². The van der Waals surface area contributed by atoms with Crippen molar-refractivity contribution in [3.63, 3.8) is 0 Å². The van der Waals surface area contributed by atoms with E-state index in [2.05, 4.69) is 10.5 Å². The molecular weight excluding hydrogens is 388 g/mol. The number of benzene rings is 3. The van der Waals surface area contributed by atoms with E-state index in [0.29, 0.717) is 17.4 Å². The van der Waals surface area contributed by atoms with Crippen LogP contribution in [0.15, 0.2) is 77.9 Å². The van der Waals surface area contributed by atoms with Gasteiger partial charge in [-0.3, -0.25) is 4.79 Å². The van der Waals surface area contributed by atoms with Crippen molar-refractivity contribution in [1.29, 1.82) is 0 Å². The SMILES string of the molecule is COc1ccc(CC(=O)N/N=C\c2ccccc2OCc2ccccc2Cl)cc1. The Bertz CT molecular complexity index is 987. The third-order valence-electron chi connectivity index (χ3n) is 4.18. The minimum Gasteiger partial charge on any atom is -0.497 e. The summed E-state index contributed by atoms with van der Waals surface area (Å²) in [5.74, 6) is 1.20. The van der Waals surface area contributed by atoms with Crippen LogP contribution in [0.5, 0.6) is 11.5 Å². The summed E-state index contributed by atoms with van der Waals surface area (Å²) in [5.41, 5.74) is 5.07. The molecule has 0 aromatic heterocycles. The lowest BCUT2D eigenvalue weighted by Gasteiger charge is -2.10. The Morgan fingerprint density at radius 2 is 1.76 bits per heavy atom. The standard InChI is InChI=1S/C23H21ClN2O3/c1-28-20-12-10-17(11-13-20)14-23(27)26-25-15-18-6-3-5-9-22(18)29-16-19-7-2-4-8-21(19)24/h2-13,15H,14,16H2,1H3,(H,26,27)/b25-15-. The minimum atomic E-state index is -0.208. The molecule has 3 aromatic carbocycles. The van der Waals surface area contributed by atoms with Gasteiger partial charge in [0.2, 0.25) is 5.91 Å². The van der Waals surface area contributed by atoms with Crippen LogP contribution in [-0.2, 0) is 17.8 Å². The number of carbonyl (C=O) groups excluding carboxylic acids is 1. The van der Waals surface area contributed by atoms with Crippen molar-refractivity contribution in [1.82, 2.24) is 5.43 Å². The van der Waals surface area contributed by atoms with Crippen LogP contribution in [0.3, 0.4) is 0 Å². The van der Waals surface area contributed by atoms with Crippen molar-refractivity contribution < 1.29 is 14.3 Å². The van der Waals surface area contributed by atoms with Crippen molar-refractivity contribution in [2.45, 2.75) is 13.0 Å². The number of hydrazone groups is 1. The molecule has 0 aliphatic carbocycles. The molecule has 3 aromatic rings. The lowest BCUT2D eigenvalue weighted by atomic mass is 10.1. The lowest BCUT2D eigenvalue weighted by molar-refractivity contribution is -0.120. The number of methoxy groups -OCH3 is 1. The highest BCUT2D eigenvalue weighted by Crippen LogP contribution is 2.21. The second kappa shape index (κ2) is 10.3. The van der Waals surface area contributed by atoms with Gasteiger partial charge in [-0.15, -0.1) is 0 Å². The molecule has 1 N–H and O–H groups in total. The first-order chi connectivity index (χ1) is 14.2. The minimum absolute atomic E-state index is 0.208. The van der Waals surface area contributed by atoms with Gasteiger partial charge in [0.15, 0.2) is 0 Å². The van der Waals surface area contributed by atoms with E-state index in [1.165, 1.54) is 0 Å². The van der Waals surface area contributed by atoms with Crippen molar-refractivity contribution in [3.8, 4) is 11.5 Å². The summed E-state index contributed by atoms with van der Waals surface area (Å²) in [6, 6.07) is 22.3. The molecule has 0 fully saturated rings. The maximum Gasteiger partial charge on any atom is 0.244 e. The molecule has 148 valence electrons. The molecule has 0 saturated carbocycles. The molecule has 0 unspecified atom stereocenters. The molecule has 5 nitrogen and oxygen atoms in total. The van der Waals surface area contributed by atoms with Crippen LogP contribution in [-0.4, -0.2) is 19.2 Å². The number of nitrogens with zero attached hydrogens (tertiary/aromatic N) is 1. The van der Waals surface area contributed by atoms with Crippen LogP contribution < -0.4 is 14.9 Å². The van der Waals surface area contributed by atoms with E-state index >= 15 is 0 Å². The number of para-hydroxylation sites is 1. The average Bonchev–Trinajstić information content (AvgIpc) is 2.74. The number of halogens is 1. The summed E-state index contributed by atoms with van der Waals surface area (Å²) < 4.78 is 11.0. The van der Waals surface area contributed by atoms with Gasteiger partial charge in [-0.25, -0.2) is 5.43 Å². The largest absolute Gasteiger partial charge is 0.497 e. The van der Waals surface area contributed by atoms with Crippen molar-refractivity contribution in [3.05, 3.63) is 94.5 Å². The Kier molecular flexibility index (Phi) is 7.25. The van der Waals surface area contributed by atoms with Crippen LogP contribution in [0.2, 0.25) is 5.02 Å². The highest BCUT2D eigenvalue weighted by atomic mass is 35.5. The van der Waals surface area contributed by atoms with Crippen molar-refractivity contribution in [2.24, 2.45) is 5.10 Å². The Hall–Kier alpha value is -3.31.